The average Bonchev–Trinajstić information content (AvgIpc) is 2.00. The van der Waals surface area contributed by atoms with E-state index in [1.165, 1.54) is 0 Å². The zero-order valence-corrected chi connectivity index (χ0v) is 10.4. The maximum atomic E-state index is 10.9. The van der Waals surface area contributed by atoms with E-state index in [1.807, 2.05) is 5.48 Å². The van der Waals surface area contributed by atoms with Crippen molar-refractivity contribution in [1.82, 2.24) is 9.01 Å². The number of nitrogens with one attached hydrogen (secondary N) is 2. The Hall–Kier alpha value is -0.570. The third-order valence-electron chi connectivity index (χ3n) is 0.863. The van der Waals surface area contributed by atoms with Crippen molar-refractivity contribution in [1.29, 1.82) is 0 Å². The van der Waals surface area contributed by atoms with Crippen molar-refractivity contribution in [3.63, 3.8) is 0 Å². The standard InChI is InChI=1S/C7H13IN2O4/c1-7(2,3)14-6(12)10-13-4-5(11)9-8/h4H2,1-3H3,(H,9,11)(H,10,12). The maximum Gasteiger partial charge on any atom is 0.431 e. The maximum absolute atomic E-state index is 10.9. The molecule has 6 nitrogen and oxygen atoms in total. The molecule has 0 spiro atoms. The fraction of sp³-hybridized carbons (Fsp3) is 0.714. The molecule has 0 saturated heterocycles. The van der Waals surface area contributed by atoms with Crippen LogP contribution in [0.1, 0.15) is 20.8 Å². The minimum absolute atomic E-state index is 0.248. The Labute approximate surface area is 96.2 Å². The van der Waals surface area contributed by atoms with Crippen molar-refractivity contribution in [3.05, 3.63) is 0 Å². The van der Waals surface area contributed by atoms with E-state index in [2.05, 4.69) is 8.37 Å². The van der Waals surface area contributed by atoms with Crippen molar-refractivity contribution >= 4 is 34.9 Å². The number of carbonyl (C=O) groups is 2. The molecule has 0 unspecified atom stereocenters. The quantitative estimate of drug-likeness (QED) is 0.461. The van der Waals surface area contributed by atoms with Crippen molar-refractivity contribution in [2.75, 3.05) is 6.61 Å². The fourth-order valence-electron chi connectivity index (χ4n) is 0.487. The first-order valence-electron chi connectivity index (χ1n) is 3.85. The lowest BCUT2D eigenvalue weighted by Crippen LogP contribution is -2.34. The molecule has 0 aliphatic carbocycles. The second-order valence-corrected chi connectivity index (χ2v) is 3.95. The van der Waals surface area contributed by atoms with E-state index in [0.717, 1.165) is 0 Å². The predicted molar refractivity (Wildman–Crippen MR) is 57.5 cm³/mol. The Kier molecular flexibility index (Phi) is 5.77. The van der Waals surface area contributed by atoms with Gasteiger partial charge in [-0.15, -0.1) is 0 Å². The molecule has 0 radical (unpaired) electrons. The summed E-state index contributed by atoms with van der Waals surface area (Å²) in [7, 11) is 0. The summed E-state index contributed by atoms with van der Waals surface area (Å²) in [6.07, 6.45) is -0.723. The smallest absolute Gasteiger partial charge is 0.431 e. The SMILES string of the molecule is CC(C)(C)OC(=O)NOCC(=O)NI. The number of amides is 2. The first-order chi connectivity index (χ1) is 6.35. The largest absolute Gasteiger partial charge is 0.442 e. The van der Waals surface area contributed by atoms with Gasteiger partial charge in [-0.05, 0) is 20.8 Å². The number of halogens is 1. The highest BCUT2D eigenvalue weighted by molar-refractivity contribution is 14.1. The van der Waals surface area contributed by atoms with Gasteiger partial charge < -0.3 is 4.74 Å². The van der Waals surface area contributed by atoms with Crippen LogP contribution in [0, 0.1) is 0 Å². The van der Waals surface area contributed by atoms with Gasteiger partial charge in [0, 0.05) is 0 Å². The van der Waals surface area contributed by atoms with Gasteiger partial charge in [-0.2, -0.15) is 5.48 Å². The zero-order chi connectivity index (χ0) is 11.2. The van der Waals surface area contributed by atoms with Crippen molar-refractivity contribution in [2.45, 2.75) is 26.4 Å². The molecule has 0 aliphatic heterocycles. The van der Waals surface area contributed by atoms with Crippen LogP contribution in [0.15, 0.2) is 0 Å². The Morgan fingerprint density at radius 3 is 2.36 bits per heavy atom. The molecule has 7 heteroatoms. The van der Waals surface area contributed by atoms with Gasteiger partial charge >= 0.3 is 6.09 Å². The molecule has 0 aromatic carbocycles. The number of carbonyl (C=O) groups excluding carboxylic acids is 2. The van der Waals surface area contributed by atoms with Crippen LogP contribution in [0.5, 0.6) is 0 Å². The number of hydrogen-bond donors (Lipinski definition) is 2. The van der Waals surface area contributed by atoms with E-state index in [9.17, 15) is 9.59 Å². The number of hydrogen-bond acceptors (Lipinski definition) is 4. The molecule has 0 bridgehead atoms. The van der Waals surface area contributed by atoms with E-state index in [4.69, 9.17) is 4.74 Å². The Balaban J connectivity index is 3.60. The van der Waals surface area contributed by atoms with Crippen LogP contribution in [0.4, 0.5) is 4.79 Å². The lowest BCUT2D eigenvalue weighted by Gasteiger charge is -2.19. The Morgan fingerprint density at radius 2 is 1.93 bits per heavy atom. The predicted octanol–water partition coefficient (Wildman–Crippen LogP) is 0.909. The Bertz CT molecular complexity index is 214. The number of rotatable bonds is 3. The van der Waals surface area contributed by atoms with Crippen LogP contribution in [0.2, 0.25) is 0 Å². The summed E-state index contributed by atoms with van der Waals surface area (Å²) in [5, 5.41) is 0. The monoisotopic (exact) mass is 316 g/mol. The third kappa shape index (κ3) is 8.05. The Morgan fingerprint density at radius 1 is 1.36 bits per heavy atom. The normalized spacial score (nSPS) is 10.6. The summed E-state index contributed by atoms with van der Waals surface area (Å²) in [4.78, 5) is 26.1. The van der Waals surface area contributed by atoms with Crippen LogP contribution in [-0.2, 0) is 14.4 Å². The van der Waals surface area contributed by atoms with Gasteiger partial charge in [0.1, 0.15) is 5.60 Å². The van der Waals surface area contributed by atoms with E-state index in [0.29, 0.717) is 0 Å². The minimum Gasteiger partial charge on any atom is -0.442 e. The van der Waals surface area contributed by atoms with Crippen LogP contribution >= 0.6 is 22.9 Å². The molecule has 2 N–H and O–H groups in total. The second kappa shape index (κ2) is 6.02. The van der Waals surface area contributed by atoms with Gasteiger partial charge in [0.05, 0.1) is 22.9 Å². The first kappa shape index (κ1) is 13.4. The molecule has 82 valence electrons. The highest BCUT2D eigenvalue weighted by Gasteiger charge is 2.16. The molecular formula is C7H13IN2O4. The molecule has 0 saturated carbocycles. The minimum atomic E-state index is -0.723. The fourth-order valence-corrected chi connectivity index (χ4v) is 0.642. The summed E-state index contributed by atoms with van der Waals surface area (Å²) in [6, 6.07) is 0. The summed E-state index contributed by atoms with van der Waals surface area (Å²) >= 11 is 1.67. The van der Waals surface area contributed by atoms with Crippen LogP contribution < -0.4 is 9.01 Å². The first-order valence-corrected chi connectivity index (χ1v) is 4.93. The molecule has 0 aliphatic rings. The molecular weight excluding hydrogens is 303 g/mol. The van der Waals surface area contributed by atoms with Gasteiger partial charge in [0.2, 0.25) is 0 Å². The molecule has 0 rings (SSSR count). The van der Waals surface area contributed by atoms with E-state index < -0.39 is 11.7 Å². The van der Waals surface area contributed by atoms with Crippen molar-refractivity contribution in [3.8, 4) is 0 Å². The summed E-state index contributed by atoms with van der Waals surface area (Å²) in [5.74, 6) is -0.346. The van der Waals surface area contributed by atoms with Crippen molar-refractivity contribution in [2.24, 2.45) is 0 Å². The molecule has 14 heavy (non-hydrogen) atoms. The van der Waals surface area contributed by atoms with Gasteiger partial charge in [-0.25, -0.2) is 4.79 Å². The van der Waals surface area contributed by atoms with Crippen LogP contribution in [0.3, 0.4) is 0 Å². The van der Waals surface area contributed by atoms with Crippen molar-refractivity contribution < 1.29 is 19.2 Å². The summed E-state index contributed by atoms with van der Waals surface area (Å²) < 4.78 is 7.15. The zero-order valence-electron chi connectivity index (χ0n) is 8.22. The van der Waals surface area contributed by atoms with E-state index in [-0.39, 0.29) is 12.5 Å². The van der Waals surface area contributed by atoms with Gasteiger partial charge in [0.25, 0.3) is 5.91 Å². The van der Waals surface area contributed by atoms with Crippen LogP contribution in [0.25, 0.3) is 0 Å². The van der Waals surface area contributed by atoms with E-state index >= 15 is 0 Å². The van der Waals surface area contributed by atoms with Crippen LogP contribution in [-0.4, -0.2) is 24.2 Å². The molecule has 0 atom stereocenters. The molecule has 0 fully saturated rings. The molecule has 0 aromatic rings. The second-order valence-electron chi connectivity index (χ2n) is 3.41. The highest BCUT2D eigenvalue weighted by atomic mass is 127. The lowest BCUT2D eigenvalue weighted by molar-refractivity contribution is -0.125. The third-order valence-corrected chi connectivity index (χ3v) is 1.46. The number of ether oxygens (including phenoxy) is 1. The van der Waals surface area contributed by atoms with E-state index in [1.54, 1.807) is 43.6 Å². The molecule has 2 amide bonds. The summed E-state index contributed by atoms with van der Waals surface area (Å²) in [6.45, 7) is 4.93. The van der Waals surface area contributed by atoms with Gasteiger partial charge in [-0.3, -0.25) is 13.2 Å². The topological polar surface area (TPSA) is 76.7 Å². The summed E-state index contributed by atoms with van der Waals surface area (Å²) in [5.41, 5.74) is 1.39. The molecule has 0 aromatic heterocycles. The average molecular weight is 316 g/mol. The molecule has 0 heterocycles. The van der Waals surface area contributed by atoms with Gasteiger partial charge in [0.15, 0.2) is 6.61 Å². The highest BCUT2D eigenvalue weighted by Crippen LogP contribution is 2.06. The lowest BCUT2D eigenvalue weighted by atomic mass is 10.2. The van der Waals surface area contributed by atoms with Gasteiger partial charge in [-0.1, -0.05) is 0 Å². The number of hydroxylamine groups is 1.